The number of esters is 1. The van der Waals surface area contributed by atoms with Crippen molar-refractivity contribution in [1.82, 2.24) is 4.90 Å². The van der Waals surface area contributed by atoms with Gasteiger partial charge in [-0.2, -0.15) is 0 Å². The minimum Gasteiger partial charge on any atom is -0.466 e. The van der Waals surface area contributed by atoms with Gasteiger partial charge in [0.1, 0.15) is 0 Å². The van der Waals surface area contributed by atoms with E-state index < -0.39 is 0 Å². The molecule has 2 rings (SSSR count). The zero-order chi connectivity index (χ0) is 15.4. The number of carbonyl (C=O) groups excluding carboxylic acids is 2. The van der Waals surface area contributed by atoms with Crippen molar-refractivity contribution in [3.8, 4) is 0 Å². The molecule has 0 aliphatic carbocycles. The lowest BCUT2D eigenvalue weighted by molar-refractivity contribution is -0.135. The van der Waals surface area contributed by atoms with Crippen molar-refractivity contribution in [2.75, 3.05) is 7.11 Å². The summed E-state index contributed by atoms with van der Waals surface area (Å²) < 4.78 is 4.60. The second-order valence-electron chi connectivity index (χ2n) is 6.56. The van der Waals surface area contributed by atoms with E-state index in [-0.39, 0.29) is 12.0 Å². The van der Waals surface area contributed by atoms with Crippen LogP contribution >= 0.6 is 0 Å². The molecule has 4 nitrogen and oxygen atoms in total. The molecule has 2 fully saturated rings. The number of carbonyl (C=O) groups is 2. The Morgan fingerprint density at radius 2 is 2.14 bits per heavy atom. The molecule has 118 valence electrons. The monoisotopic (exact) mass is 293 g/mol. The van der Waals surface area contributed by atoms with E-state index in [9.17, 15) is 9.59 Å². The number of hydrogen-bond acceptors (Lipinski definition) is 3. The number of ether oxygens (including phenoxy) is 1. The first kappa shape index (κ1) is 16.1. The molecule has 21 heavy (non-hydrogen) atoms. The summed E-state index contributed by atoms with van der Waals surface area (Å²) in [5, 5.41) is 0. The standard InChI is InChI=1S/C17H27NO3/c1-12(2)14-7-5-8-16(19)18-13(10-11-15(14)18)6-4-9-17(20)21-3/h4,9,12-15H,5-8,10-11H2,1-3H3/b9-4+/t13-,14-,15-/m1/s1. The van der Waals surface area contributed by atoms with Crippen LogP contribution in [0.4, 0.5) is 0 Å². The van der Waals surface area contributed by atoms with Crippen LogP contribution < -0.4 is 0 Å². The van der Waals surface area contributed by atoms with Gasteiger partial charge in [-0.1, -0.05) is 19.9 Å². The number of rotatable bonds is 4. The highest BCUT2D eigenvalue weighted by Crippen LogP contribution is 2.39. The third-order valence-electron chi connectivity index (χ3n) is 4.98. The van der Waals surface area contributed by atoms with Crippen molar-refractivity contribution in [2.24, 2.45) is 11.8 Å². The predicted octanol–water partition coefficient (Wildman–Crippen LogP) is 2.92. The summed E-state index contributed by atoms with van der Waals surface area (Å²) >= 11 is 0. The summed E-state index contributed by atoms with van der Waals surface area (Å²) in [6, 6.07) is 0.652. The third kappa shape index (κ3) is 3.66. The Morgan fingerprint density at radius 1 is 1.38 bits per heavy atom. The number of methoxy groups -OCH3 is 1. The molecule has 0 radical (unpaired) electrons. The van der Waals surface area contributed by atoms with Gasteiger partial charge < -0.3 is 9.64 Å². The predicted molar refractivity (Wildman–Crippen MR) is 81.6 cm³/mol. The van der Waals surface area contributed by atoms with Crippen LogP contribution in [0.5, 0.6) is 0 Å². The van der Waals surface area contributed by atoms with Gasteiger partial charge in [0, 0.05) is 24.6 Å². The second-order valence-corrected chi connectivity index (χ2v) is 6.56. The van der Waals surface area contributed by atoms with Gasteiger partial charge in [0.25, 0.3) is 0 Å². The molecule has 0 unspecified atom stereocenters. The summed E-state index contributed by atoms with van der Waals surface area (Å²) in [7, 11) is 1.38. The summed E-state index contributed by atoms with van der Waals surface area (Å²) in [5.74, 6) is 1.21. The summed E-state index contributed by atoms with van der Waals surface area (Å²) in [4.78, 5) is 25.7. The van der Waals surface area contributed by atoms with E-state index >= 15 is 0 Å². The normalized spacial score (nSPS) is 29.8. The largest absolute Gasteiger partial charge is 0.466 e. The summed E-state index contributed by atoms with van der Waals surface area (Å²) in [5.41, 5.74) is 0. The lowest BCUT2D eigenvalue weighted by Crippen LogP contribution is -2.43. The van der Waals surface area contributed by atoms with Crippen molar-refractivity contribution in [3.05, 3.63) is 12.2 Å². The van der Waals surface area contributed by atoms with E-state index in [1.165, 1.54) is 13.2 Å². The van der Waals surface area contributed by atoms with Crippen molar-refractivity contribution >= 4 is 11.9 Å². The van der Waals surface area contributed by atoms with E-state index in [1.807, 2.05) is 6.08 Å². The van der Waals surface area contributed by atoms with Crippen LogP contribution in [0, 0.1) is 11.8 Å². The van der Waals surface area contributed by atoms with Gasteiger partial charge in [-0.05, 0) is 43.9 Å². The molecular formula is C17H27NO3. The maximum atomic E-state index is 12.4. The fourth-order valence-corrected chi connectivity index (χ4v) is 3.93. The first-order valence-electron chi connectivity index (χ1n) is 8.10. The average Bonchev–Trinajstić information content (AvgIpc) is 2.78. The van der Waals surface area contributed by atoms with Gasteiger partial charge in [-0.15, -0.1) is 0 Å². The number of fused-ring (bicyclic) bond motifs is 1. The zero-order valence-corrected chi connectivity index (χ0v) is 13.4. The molecule has 2 aliphatic rings. The van der Waals surface area contributed by atoms with Crippen molar-refractivity contribution in [1.29, 1.82) is 0 Å². The molecule has 0 aromatic heterocycles. The molecular weight excluding hydrogens is 266 g/mol. The van der Waals surface area contributed by atoms with Gasteiger partial charge >= 0.3 is 5.97 Å². The van der Waals surface area contributed by atoms with Crippen LogP contribution in [0.25, 0.3) is 0 Å². The average molecular weight is 293 g/mol. The van der Waals surface area contributed by atoms with Crippen molar-refractivity contribution in [3.63, 3.8) is 0 Å². The Kier molecular flexibility index (Phi) is 5.43. The lowest BCUT2D eigenvalue weighted by atomic mass is 9.84. The van der Waals surface area contributed by atoms with Gasteiger partial charge in [0.05, 0.1) is 7.11 Å². The Bertz CT molecular complexity index is 416. The first-order chi connectivity index (χ1) is 10.0. The topological polar surface area (TPSA) is 46.6 Å². The molecule has 2 saturated heterocycles. The van der Waals surface area contributed by atoms with Crippen LogP contribution in [0.2, 0.25) is 0 Å². The van der Waals surface area contributed by atoms with E-state index in [1.54, 1.807) is 0 Å². The quantitative estimate of drug-likeness (QED) is 0.591. The van der Waals surface area contributed by atoms with Crippen LogP contribution in [-0.2, 0) is 14.3 Å². The Balaban J connectivity index is 2.06. The maximum Gasteiger partial charge on any atom is 0.330 e. The second kappa shape index (κ2) is 7.10. The highest BCUT2D eigenvalue weighted by atomic mass is 16.5. The highest BCUT2D eigenvalue weighted by molar-refractivity contribution is 5.81. The number of amides is 1. The molecule has 0 N–H and O–H groups in total. The van der Waals surface area contributed by atoms with E-state index in [0.29, 0.717) is 30.2 Å². The molecule has 1 amide bonds. The Hall–Kier alpha value is -1.32. The minimum absolute atomic E-state index is 0.253. The smallest absolute Gasteiger partial charge is 0.330 e. The van der Waals surface area contributed by atoms with Crippen LogP contribution in [-0.4, -0.2) is 36.0 Å². The molecule has 2 aliphatic heterocycles. The first-order valence-corrected chi connectivity index (χ1v) is 8.10. The third-order valence-corrected chi connectivity index (χ3v) is 4.98. The molecule has 2 heterocycles. The molecule has 0 bridgehead atoms. The SMILES string of the molecule is COC(=O)/C=C/C[C@@H]1CC[C@@H]2[C@@H](C(C)C)CCCC(=O)N12. The highest BCUT2D eigenvalue weighted by Gasteiger charge is 2.42. The van der Waals surface area contributed by atoms with Gasteiger partial charge in [0.15, 0.2) is 0 Å². The fourth-order valence-electron chi connectivity index (χ4n) is 3.93. The number of hydrogen-bond donors (Lipinski definition) is 0. The van der Waals surface area contributed by atoms with Gasteiger partial charge in [-0.3, -0.25) is 4.79 Å². The van der Waals surface area contributed by atoms with Gasteiger partial charge in [0.2, 0.25) is 5.91 Å². The summed E-state index contributed by atoms with van der Waals surface area (Å²) in [6.07, 6.45) is 9.07. The maximum absolute atomic E-state index is 12.4. The van der Waals surface area contributed by atoms with E-state index in [4.69, 9.17) is 0 Å². The molecule has 0 aromatic carbocycles. The van der Waals surface area contributed by atoms with E-state index in [2.05, 4.69) is 23.5 Å². The zero-order valence-electron chi connectivity index (χ0n) is 13.4. The fraction of sp³-hybridized carbons (Fsp3) is 0.765. The van der Waals surface area contributed by atoms with Crippen LogP contribution in [0.15, 0.2) is 12.2 Å². The molecule has 0 saturated carbocycles. The Labute approximate surface area is 127 Å². The molecule has 3 atom stereocenters. The number of nitrogens with zero attached hydrogens (tertiary/aromatic N) is 1. The van der Waals surface area contributed by atoms with Crippen molar-refractivity contribution < 1.29 is 14.3 Å². The van der Waals surface area contributed by atoms with Crippen molar-refractivity contribution in [2.45, 2.75) is 64.5 Å². The molecule has 4 heteroatoms. The van der Waals surface area contributed by atoms with E-state index in [0.717, 1.165) is 32.1 Å². The lowest BCUT2D eigenvalue weighted by Gasteiger charge is -2.34. The molecule has 0 spiro atoms. The van der Waals surface area contributed by atoms with Gasteiger partial charge in [-0.25, -0.2) is 4.79 Å². The minimum atomic E-state index is -0.327. The van der Waals surface area contributed by atoms with Crippen LogP contribution in [0.3, 0.4) is 0 Å². The Morgan fingerprint density at radius 3 is 2.81 bits per heavy atom. The molecule has 0 aromatic rings. The summed E-state index contributed by atoms with van der Waals surface area (Å²) in [6.45, 7) is 4.53. The van der Waals surface area contributed by atoms with Crippen LogP contribution in [0.1, 0.15) is 52.4 Å².